The molecule has 10 heteroatoms. The Labute approximate surface area is 200 Å². The predicted molar refractivity (Wildman–Crippen MR) is 129 cm³/mol. The van der Waals surface area contributed by atoms with Gasteiger partial charge < -0.3 is 14.4 Å². The maximum absolute atomic E-state index is 13.1. The summed E-state index contributed by atoms with van der Waals surface area (Å²) in [6, 6.07) is 8.38. The summed E-state index contributed by atoms with van der Waals surface area (Å²) in [5, 5.41) is 1.94. The number of carbonyl (C=O) groups is 1. The largest absolute Gasteiger partial charge is 0.494 e. The van der Waals surface area contributed by atoms with Gasteiger partial charge in [-0.2, -0.15) is 0 Å². The van der Waals surface area contributed by atoms with Gasteiger partial charge in [-0.1, -0.05) is 46.1 Å². The lowest BCUT2D eigenvalue weighted by atomic mass is 10.3. The number of fused-ring (bicyclic) bond motifs is 1. The molecule has 2 aromatic carbocycles. The standard InChI is InChI=1S/C21H22Cl3N3O3S/c1-26(2)9-4-10-27(18(28)12-30-16-7-5-13(22)11-15(16)24)21-25-19-17(29-3)8-6-14(23)20(19)31-21/h5-8,11H,4,9-10,12H2,1-3H3. The molecular weight excluding hydrogens is 481 g/mol. The van der Waals surface area contributed by atoms with Crippen molar-refractivity contribution < 1.29 is 14.3 Å². The second-order valence-corrected chi connectivity index (χ2v) is 9.22. The number of halogens is 3. The molecule has 1 heterocycles. The van der Waals surface area contributed by atoms with Crippen LogP contribution in [0.3, 0.4) is 0 Å². The average Bonchev–Trinajstić information content (AvgIpc) is 3.16. The van der Waals surface area contributed by atoms with Gasteiger partial charge in [0.2, 0.25) is 0 Å². The van der Waals surface area contributed by atoms with Crippen molar-refractivity contribution in [3.05, 3.63) is 45.4 Å². The van der Waals surface area contributed by atoms with Crippen LogP contribution in [-0.4, -0.2) is 56.7 Å². The van der Waals surface area contributed by atoms with Crippen LogP contribution >= 0.6 is 46.1 Å². The van der Waals surface area contributed by atoms with E-state index in [4.69, 9.17) is 44.3 Å². The molecule has 0 aliphatic rings. The van der Waals surface area contributed by atoms with Crippen molar-refractivity contribution in [1.82, 2.24) is 9.88 Å². The third-order valence-electron chi connectivity index (χ3n) is 4.43. The molecule has 31 heavy (non-hydrogen) atoms. The summed E-state index contributed by atoms with van der Waals surface area (Å²) in [7, 11) is 5.55. The zero-order valence-electron chi connectivity index (χ0n) is 17.3. The lowest BCUT2D eigenvalue weighted by Crippen LogP contribution is -2.36. The first kappa shape index (κ1) is 23.9. The third-order valence-corrected chi connectivity index (χ3v) is 6.50. The van der Waals surface area contributed by atoms with Gasteiger partial charge in [-0.05, 0) is 57.4 Å². The highest BCUT2D eigenvalue weighted by Gasteiger charge is 2.22. The van der Waals surface area contributed by atoms with Crippen molar-refractivity contribution in [3.8, 4) is 11.5 Å². The topological polar surface area (TPSA) is 54.9 Å². The van der Waals surface area contributed by atoms with Crippen LogP contribution in [0.4, 0.5) is 5.13 Å². The van der Waals surface area contributed by atoms with Crippen LogP contribution in [0.15, 0.2) is 30.3 Å². The maximum atomic E-state index is 13.1. The van der Waals surface area contributed by atoms with Crippen molar-refractivity contribution in [3.63, 3.8) is 0 Å². The smallest absolute Gasteiger partial charge is 0.266 e. The molecule has 3 aromatic rings. The molecule has 0 aliphatic carbocycles. The first-order valence-corrected chi connectivity index (χ1v) is 11.4. The fourth-order valence-electron chi connectivity index (χ4n) is 2.90. The molecule has 1 aromatic heterocycles. The van der Waals surface area contributed by atoms with E-state index in [0.29, 0.717) is 43.8 Å². The first-order chi connectivity index (χ1) is 14.8. The molecule has 6 nitrogen and oxygen atoms in total. The minimum absolute atomic E-state index is 0.190. The Bertz CT molecular complexity index is 1070. The number of carbonyl (C=O) groups excluding carboxylic acids is 1. The Hall–Kier alpha value is -1.77. The van der Waals surface area contributed by atoms with Crippen molar-refractivity contribution in [2.75, 3.05) is 45.8 Å². The molecule has 3 rings (SSSR count). The molecule has 0 N–H and O–H groups in total. The Kier molecular flexibility index (Phi) is 8.24. The zero-order chi connectivity index (χ0) is 22.5. The number of nitrogens with zero attached hydrogens (tertiary/aromatic N) is 3. The monoisotopic (exact) mass is 501 g/mol. The summed E-state index contributed by atoms with van der Waals surface area (Å²) in [6.45, 7) is 1.11. The van der Waals surface area contributed by atoms with Crippen LogP contribution in [0.5, 0.6) is 11.5 Å². The predicted octanol–water partition coefficient (Wildman–Crippen LogP) is 5.63. The van der Waals surface area contributed by atoms with E-state index in [2.05, 4.69) is 9.88 Å². The number of ether oxygens (including phenoxy) is 2. The lowest BCUT2D eigenvalue weighted by Gasteiger charge is -2.21. The Balaban J connectivity index is 1.86. The maximum Gasteiger partial charge on any atom is 0.266 e. The Morgan fingerprint density at radius 3 is 2.48 bits per heavy atom. The quantitative estimate of drug-likeness (QED) is 0.380. The van der Waals surface area contributed by atoms with Crippen LogP contribution in [0, 0.1) is 0 Å². The van der Waals surface area contributed by atoms with Gasteiger partial charge in [-0.25, -0.2) is 4.98 Å². The van der Waals surface area contributed by atoms with Gasteiger partial charge in [0.25, 0.3) is 5.91 Å². The SMILES string of the molecule is COc1ccc(Cl)c2sc(N(CCCN(C)C)C(=O)COc3ccc(Cl)cc3Cl)nc12. The third kappa shape index (κ3) is 5.93. The van der Waals surface area contributed by atoms with Crippen molar-refractivity contribution in [2.24, 2.45) is 0 Å². The highest BCUT2D eigenvalue weighted by molar-refractivity contribution is 7.23. The van der Waals surface area contributed by atoms with E-state index in [1.54, 1.807) is 42.3 Å². The molecule has 0 aliphatic heterocycles. The molecule has 0 saturated heterocycles. The number of anilines is 1. The van der Waals surface area contributed by atoms with Crippen molar-refractivity contribution >= 4 is 67.4 Å². The molecule has 0 unspecified atom stereocenters. The summed E-state index contributed by atoms with van der Waals surface area (Å²) < 4.78 is 11.8. The van der Waals surface area contributed by atoms with Gasteiger partial charge in [0.15, 0.2) is 11.7 Å². The molecule has 0 spiro atoms. The molecule has 1 amide bonds. The summed E-state index contributed by atoms with van der Waals surface area (Å²) in [5.41, 5.74) is 0.627. The number of amides is 1. The highest BCUT2D eigenvalue weighted by atomic mass is 35.5. The van der Waals surface area contributed by atoms with Gasteiger partial charge in [-0.15, -0.1) is 0 Å². The number of thiazole rings is 1. The second kappa shape index (κ2) is 10.7. The van der Waals surface area contributed by atoms with E-state index in [9.17, 15) is 4.79 Å². The minimum atomic E-state index is -0.237. The van der Waals surface area contributed by atoms with E-state index in [1.807, 2.05) is 14.1 Å². The number of methoxy groups -OCH3 is 1. The second-order valence-electron chi connectivity index (χ2n) is 6.99. The van der Waals surface area contributed by atoms with Gasteiger partial charge in [-0.3, -0.25) is 9.69 Å². The molecule has 0 fully saturated rings. The van der Waals surface area contributed by atoms with Crippen LogP contribution in [0.25, 0.3) is 10.2 Å². The summed E-state index contributed by atoms with van der Waals surface area (Å²) >= 11 is 19.8. The van der Waals surface area contributed by atoms with E-state index >= 15 is 0 Å². The van der Waals surface area contributed by atoms with Crippen LogP contribution in [0.1, 0.15) is 6.42 Å². The van der Waals surface area contributed by atoms with Crippen molar-refractivity contribution in [2.45, 2.75) is 6.42 Å². The van der Waals surface area contributed by atoms with Gasteiger partial charge in [0.05, 0.1) is 21.9 Å². The fraction of sp³-hybridized carbons (Fsp3) is 0.333. The number of hydrogen-bond acceptors (Lipinski definition) is 6. The van der Waals surface area contributed by atoms with Crippen LogP contribution < -0.4 is 14.4 Å². The summed E-state index contributed by atoms with van der Waals surface area (Å²) in [5.74, 6) is 0.757. The average molecular weight is 503 g/mol. The van der Waals surface area contributed by atoms with E-state index < -0.39 is 0 Å². The van der Waals surface area contributed by atoms with Gasteiger partial charge >= 0.3 is 0 Å². The summed E-state index contributed by atoms with van der Waals surface area (Å²) in [6.07, 6.45) is 0.765. The van der Waals surface area contributed by atoms with Crippen LogP contribution in [-0.2, 0) is 4.79 Å². The Morgan fingerprint density at radius 2 is 1.81 bits per heavy atom. The fourth-order valence-corrected chi connectivity index (χ4v) is 4.67. The normalized spacial score (nSPS) is 11.2. The van der Waals surface area contributed by atoms with E-state index in [-0.39, 0.29) is 12.5 Å². The molecule has 0 atom stereocenters. The summed E-state index contributed by atoms with van der Waals surface area (Å²) in [4.78, 5) is 21.4. The number of rotatable bonds is 9. The van der Waals surface area contributed by atoms with E-state index in [1.165, 1.54) is 11.3 Å². The number of hydrogen-bond donors (Lipinski definition) is 0. The number of aromatic nitrogens is 1. The first-order valence-electron chi connectivity index (χ1n) is 9.46. The van der Waals surface area contributed by atoms with Crippen molar-refractivity contribution in [1.29, 1.82) is 0 Å². The zero-order valence-corrected chi connectivity index (χ0v) is 20.4. The molecule has 166 valence electrons. The molecule has 0 bridgehead atoms. The minimum Gasteiger partial charge on any atom is -0.494 e. The number of benzene rings is 2. The lowest BCUT2D eigenvalue weighted by molar-refractivity contribution is -0.120. The Morgan fingerprint density at radius 1 is 1.06 bits per heavy atom. The van der Waals surface area contributed by atoms with E-state index in [0.717, 1.165) is 17.7 Å². The van der Waals surface area contributed by atoms with Crippen LogP contribution in [0.2, 0.25) is 15.1 Å². The molecule has 0 saturated carbocycles. The van der Waals surface area contributed by atoms with Gasteiger partial charge in [0.1, 0.15) is 17.0 Å². The van der Waals surface area contributed by atoms with Gasteiger partial charge in [0, 0.05) is 11.6 Å². The molecular formula is C21H22Cl3N3O3S. The highest BCUT2D eigenvalue weighted by Crippen LogP contribution is 2.39. The molecule has 0 radical (unpaired) electrons.